The summed E-state index contributed by atoms with van der Waals surface area (Å²) < 4.78 is 5.08. The van der Waals surface area contributed by atoms with E-state index in [0.717, 1.165) is 0 Å². The molecule has 0 bridgehead atoms. The second-order valence-electron chi connectivity index (χ2n) is 4.75. The van der Waals surface area contributed by atoms with E-state index in [1.165, 1.54) is 0 Å². The van der Waals surface area contributed by atoms with E-state index in [0.29, 0.717) is 27.0 Å². The van der Waals surface area contributed by atoms with Gasteiger partial charge in [0.2, 0.25) is 0 Å². The molecule has 2 aromatic heterocycles. The standard InChI is InChI=1S/C15H12ClN3O3/c1-3-22-15(21)11-7(2)18-19-13-12(11)9-6-8(16)4-5-10(9)17-14(13)20/h4-6H,3H2,1-2H3,(H,17,20). The Labute approximate surface area is 130 Å². The number of nitrogens with one attached hydrogen (secondary N) is 1. The van der Waals surface area contributed by atoms with Gasteiger partial charge >= 0.3 is 5.97 Å². The predicted molar refractivity (Wildman–Crippen MR) is 83.4 cm³/mol. The first-order chi connectivity index (χ1) is 10.5. The van der Waals surface area contributed by atoms with Crippen LogP contribution in [0.2, 0.25) is 5.02 Å². The van der Waals surface area contributed by atoms with Gasteiger partial charge in [0.1, 0.15) is 0 Å². The number of fused-ring (bicyclic) bond motifs is 3. The number of aromatic nitrogens is 3. The zero-order valence-corrected chi connectivity index (χ0v) is 12.7. The fraction of sp³-hybridized carbons (Fsp3) is 0.200. The number of benzene rings is 1. The van der Waals surface area contributed by atoms with E-state index in [-0.39, 0.29) is 17.7 Å². The minimum atomic E-state index is -0.535. The third-order valence-electron chi connectivity index (χ3n) is 3.34. The highest BCUT2D eigenvalue weighted by molar-refractivity contribution is 6.32. The highest BCUT2D eigenvalue weighted by Gasteiger charge is 2.20. The summed E-state index contributed by atoms with van der Waals surface area (Å²) in [5.41, 5.74) is 0.884. The van der Waals surface area contributed by atoms with E-state index in [1.807, 2.05) is 0 Å². The maximum atomic E-state index is 12.3. The van der Waals surface area contributed by atoms with Crippen LogP contribution in [0.15, 0.2) is 23.0 Å². The Morgan fingerprint density at radius 3 is 2.86 bits per heavy atom. The minimum Gasteiger partial charge on any atom is -0.462 e. The van der Waals surface area contributed by atoms with Crippen molar-refractivity contribution in [2.45, 2.75) is 13.8 Å². The molecule has 2 heterocycles. The number of carbonyl (C=O) groups is 1. The van der Waals surface area contributed by atoms with Crippen molar-refractivity contribution in [3.05, 3.63) is 44.8 Å². The molecular weight excluding hydrogens is 306 g/mol. The van der Waals surface area contributed by atoms with Gasteiger partial charge in [-0.25, -0.2) is 4.79 Å². The molecule has 1 aromatic carbocycles. The summed E-state index contributed by atoms with van der Waals surface area (Å²) >= 11 is 6.05. The van der Waals surface area contributed by atoms with Gasteiger partial charge in [-0.2, -0.15) is 5.10 Å². The Balaban J connectivity index is 2.55. The monoisotopic (exact) mass is 317 g/mol. The van der Waals surface area contributed by atoms with E-state index in [2.05, 4.69) is 15.2 Å². The molecule has 22 heavy (non-hydrogen) atoms. The van der Waals surface area contributed by atoms with Crippen molar-refractivity contribution in [3.8, 4) is 0 Å². The van der Waals surface area contributed by atoms with Gasteiger partial charge in [-0.3, -0.25) is 4.79 Å². The number of nitrogens with zero attached hydrogens (tertiary/aromatic N) is 2. The molecule has 0 saturated carbocycles. The smallest absolute Gasteiger partial charge is 0.340 e. The van der Waals surface area contributed by atoms with Crippen molar-refractivity contribution in [1.29, 1.82) is 0 Å². The molecule has 3 aromatic rings. The van der Waals surface area contributed by atoms with Crippen LogP contribution in [-0.4, -0.2) is 27.8 Å². The summed E-state index contributed by atoms with van der Waals surface area (Å²) in [6, 6.07) is 5.03. The number of hydrogen-bond donors (Lipinski definition) is 1. The SMILES string of the molecule is CCOC(=O)c1c(C)nnc2c(=O)[nH]c3ccc(Cl)cc3c12. The molecule has 0 aliphatic heterocycles. The summed E-state index contributed by atoms with van der Waals surface area (Å²) in [6.45, 7) is 3.59. The van der Waals surface area contributed by atoms with Crippen LogP contribution in [0.25, 0.3) is 21.8 Å². The third-order valence-corrected chi connectivity index (χ3v) is 3.58. The molecule has 0 saturated heterocycles. The zero-order chi connectivity index (χ0) is 15.9. The highest BCUT2D eigenvalue weighted by atomic mass is 35.5. The Hall–Kier alpha value is -2.47. The van der Waals surface area contributed by atoms with E-state index in [9.17, 15) is 9.59 Å². The number of carbonyl (C=O) groups excluding carboxylic acids is 1. The van der Waals surface area contributed by atoms with E-state index in [4.69, 9.17) is 16.3 Å². The lowest BCUT2D eigenvalue weighted by Crippen LogP contribution is -2.15. The topological polar surface area (TPSA) is 84.9 Å². The van der Waals surface area contributed by atoms with Crippen molar-refractivity contribution < 1.29 is 9.53 Å². The molecule has 7 heteroatoms. The number of rotatable bonds is 2. The summed E-state index contributed by atoms with van der Waals surface area (Å²) in [5.74, 6) is -0.535. The van der Waals surface area contributed by atoms with Gasteiger partial charge < -0.3 is 9.72 Å². The molecule has 0 atom stereocenters. The van der Waals surface area contributed by atoms with Crippen molar-refractivity contribution >= 4 is 39.4 Å². The second kappa shape index (κ2) is 5.38. The Morgan fingerprint density at radius 2 is 2.14 bits per heavy atom. The second-order valence-corrected chi connectivity index (χ2v) is 5.18. The maximum Gasteiger partial charge on any atom is 0.340 e. The van der Waals surface area contributed by atoms with Crippen molar-refractivity contribution in [1.82, 2.24) is 15.2 Å². The van der Waals surface area contributed by atoms with Crippen LogP contribution in [0.5, 0.6) is 0 Å². The Kier molecular flexibility index (Phi) is 3.54. The summed E-state index contributed by atoms with van der Waals surface area (Å²) in [7, 11) is 0. The largest absolute Gasteiger partial charge is 0.462 e. The average molecular weight is 318 g/mol. The van der Waals surface area contributed by atoms with Crippen LogP contribution in [-0.2, 0) is 4.74 Å². The normalized spacial score (nSPS) is 11.0. The molecule has 0 amide bonds. The average Bonchev–Trinajstić information content (AvgIpc) is 2.48. The molecule has 1 N–H and O–H groups in total. The number of H-pyrrole nitrogens is 1. The molecule has 0 unspecified atom stereocenters. The van der Waals surface area contributed by atoms with Gasteiger partial charge in [-0.15, -0.1) is 5.10 Å². The van der Waals surface area contributed by atoms with Gasteiger partial charge in [-0.05, 0) is 32.0 Å². The summed E-state index contributed by atoms with van der Waals surface area (Å²) in [4.78, 5) is 27.2. The van der Waals surface area contributed by atoms with Crippen LogP contribution in [0, 0.1) is 6.92 Å². The molecule has 0 fully saturated rings. The maximum absolute atomic E-state index is 12.3. The van der Waals surface area contributed by atoms with Gasteiger partial charge in [0.15, 0.2) is 5.52 Å². The fourth-order valence-electron chi connectivity index (χ4n) is 2.41. The molecule has 112 valence electrons. The first kappa shape index (κ1) is 14.5. The van der Waals surface area contributed by atoms with Gasteiger partial charge in [0, 0.05) is 21.3 Å². The lowest BCUT2D eigenvalue weighted by atomic mass is 10.0. The van der Waals surface area contributed by atoms with Gasteiger partial charge in [-0.1, -0.05) is 11.6 Å². The van der Waals surface area contributed by atoms with Crippen LogP contribution in [0.4, 0.5) is 0 Å². The lowest BCUT2D eigenvalue weighted by Gasteiger charge is -2.10. The molecule has 3 rings (SSSR count). The number of esters is 1. The van der Waals surface area contributed by atoms with Crippen LogP contribution in [0.3, 0.4) is 0 Å². The summed E-state index contributed by atoms with van der Waals surface area (Å²) in [5, 5.41) is 9.34. The Morgan fingerprint density at radius 1 is 1.36 bits per heavy atom. The molecular formula is C15H12ClN3O3. The number of aryl methyl sites for hydroxylation is 1. The Bertz CT molecular complexity index is 966. The van der Waals surface area contributed by atoms with Gasteiger partial charge in [0.05, 0.1) is 17.9 Å². The molecule has 0 aliphatic carbocycles. The van der Waals surface area contributed by atoms with E-state index < -0.39 is 11.5 Å². The highest BCUT2D eigenvalue weighted by Crippen LogP contribution is 2.27. The molecule has 0 spiro atoms. The van der Waals surface area contributed by atoms with E-state index in [1.54, 1.807) is 32.0 Å². The zero-order valence-electron chi connectivity index (χ0n) is 11.9. The lowest BCUT2D eigenvalue weighted by molar-refractivity contribution is 0.0527. The quantitative estimate of drug-likeness (QED) is 0.580. The van der Waals surface area contributed by atoms with Crippen LogP contribution in [0.1, 0.15) is 23.0 Å². The molecule has 0 aliphatic rings. The van der Waals surface area contributed by atoms with Crippen LogP contribution >= 0.6 is 11.6 Å². The summed E-state index contributed by atoms with van der Waals surface area (Å²) in [6.07, 6.45) is 0. The van der Waals surface area contributed by atoms with Gasteiger partial charge in [0.25, 0.3) is 5.56 Å². The van der Waals surface area contributed by atoms with Crippen molar-refractivity contribution in [3.63, 3.8) is 0 Å². The van der Waals surface area contributed by atoms with E-state index >= 15 is 0 Å². The molecule has 6 nitrogen and oxygen atoms in total. The first-order valence-electron chi connectivity index (χ1n) is 6.68. The van der Waals surface area contributed by atoms with Crippen molar-refractivity contribution in [2.24, 2.45) is 0 Å². The first-order valence-corrected chi connectivity index (χ1v) is 7.06. The number of hydrogen-bond acceptors (Lipinski definition) is 5. The number of halogens is 1. The minimum absolute atomic E-state index is 0.0865. The number of aromatic amines is 1. The number of ether oxygens (including phenoxy) is 1. The number of pyridine rings is 1. The molecule has 0 radical (unpaired) electrons. The van der Waals surface area contributed by atoms with Crippen molar-refractivity contribution in [2.75, 3.05) is 6.61 Å². The van der Waals surface area contributed by atoms with Crippen LogP contribution < -0.4 is 5.56 Å². The third kappa shape index (κ3) is 2.21. The predicted octanol–water partition coefficient (Wildman–Crippen LogP) is 2.61. The fourth-order valence-corrected chi connectivity index (χ4v) is 2.58.